The van der Waals surface area contributed by atoms with Crippen molar-refractivity contribution in [2.75, 3.05) is 7.05 Å². The van der Waals surface area contributed by atoms with Crippen molar-refractivity contribution in [1.29, 1.82) is 0 Å². The van der Waals surface area contributed by atoms with Crippen LogP contribution < -0.4 is 5.32 Å². The van der Waals surface area contributed by atoms with E-state index >= 15 is 0 Å². The Morgan fingerprint density at radius 1 is 1.06 bits per heavy atom. The second-order valence-corrected chi connectivity index (χ2v) is 4.37. The van der Waals surface area contributed by atoms with Crippen molar-refractivity contribution < 1.29 is 0 Å². The first-order valence-corrected chi connectivity index (χ1v) is 5.87. The van der Waals surface area contributed by atoms with Gasteiger partial charge in [0.1, 0.15) is 0 Å². The number of aryl methyl sites for hydroxylation is 2. The van der Waals surface area contributed by atoms with Crippen LogP contribution in [0.2, 0.25) is 0 Å². The van der Waals surface area contributed by atoms with Crippen LogP contribution in [0.25, 0.3) is 0 Å². The molecule has 1 heterocycles. The van der Waals surface area contributed by atoms with Crippen molar-refractivity contribution in [1.82, 2.24) is 10.3 Å². The summed E-state index contributed by atoms with van der Waals surface area (Å²) < 4.78 is 0. The molecular weight excluding hydrogens is 208 g/mol. The van der Waals surface area contributed by atoms with Crippen LogP contribution in [0.15, 0.2) is 42.6 Å². The lowest BCUT2D eigenvalue weighted by molar-refractivity contribution is 0.689. The standard InChI is InChI=1S/C15H18N2/c1-11-5-4-6-13(9-11)15(16-3)14-7-8-17-12(2)10-14/h4-10,15-16H,1-3H3. The average molecular weight is 226 g/mol. The molecule has 2 aromatic rings. The van der Waals surface area contributed by atoms with Gasteiger partial charge in [0.05, 0.1) is 6.04 Å². The van der Waals surface area contributed by atoms with Crippen molar-refractivity contribution in [3.8, 4) is 0 Å². The Morgan fingerprint density at radius 2 is 1.82 bits per heavy atom. The monoisotopic (exact) mass is 226 g/mol. The third kappa shape index (κ3) is 2.71. The first kappa shape index (κ1) is 11.8. The molecule has 1 N–H and O–H groups in total. The molecule has 0 radical (unpaired) electrons. The number of nitrogens with zero attached hydrogens (tertiary/aromatic N) is 1. The van der Waals surface area contributed by atoms with E-state index in [1.165, 1.54) is 16.7 Å². The molecule has 1 unspecified atom stereocenters. The SMILES string of the molecule is CNC(c1cccc(C)c1)c1ccnc(C)c1. The Hall–Kier alpha value is -1.67. The lowest BCUT2D eigenvalue weighted by Gasteiger charge is -2.18. The maximum absolute atomic E-state index is 4.24. The number of hydrogen-bond acceptors (Lipinski definition) is 2. The number of nitrogens with one attached hydrogen (secondary N) is 1. The smallest absolute Gasteiger partial charge is 0.0575 e. The van der Waals surface area contributed by atoms with E-state index < -0.39 is 0 Å². The normalized spacial score (nSPS) is 12.4. The molecule has 1 aromatic carbocycles. The van der Waals surface area contributed by atoms with Gasteiger partial charge in [0.25, 0.3) is 0 Å². The fourth-order valence-corrected chi connectivity index (χ4v) is 2.12. The molecule has 1 atom stereocenters. The summed E-state index contributed by atoms with van der Waals surface area (Å²) in [5.41, 5.74) is 4.88. The predicted molar refractivity (Wildman–Crippen MR) is 71.1 cm³/mol. The second-order valence-electron chi connectivity index (χ2n) is 4.37. The summed E-state index contributed by atoms with van der Waals surface area (Å²) >= 11 is 0. The van der Waals surface area contributed by atoms with E-state index in [0.717, 1.165) is 5.69 Å². The van der Waals surface area contributed by atoms with Gasteiger partial charge in [-0.1, -0.05) is 29.8 Å². The molecule has 2 nitrogen and oxygen atoms in total. The van der Waals surface area contributed by atoms with Crippen LogP contribution in [-0.4, -0.2) is 12.0 Å². The predicted octanol–water partition coefficient (Wildman–Crippen LogP) is 3.01. The first-order chi connectivity index (χ1) is 8.20. The molecule has 0 bridgehead atoms. The molecule has 0 aliphatic heterocycles. The summed E-state index contributed by atoms with van der Waals surface area (Å²) in [5.74, 6) is 0. The van der Waals surface area contributed by atoms with E-state index in [9.17, 15) is 0 Å². The molecule has 17 heavy (non-hydrogen) atoms. The Bertz CT molecular complexity index is 460. The Morgan fingerprint density at radius 3 is 2.47 bits per heavy atom. The summed E-state index contributed by atoms with van der Waals surface area (Å²) in [6.45, 7) is 4.14. The number of aromatic nitrogens is 1. The quantitative estimate of drug-likeness (QED) is 0.870. The van der Waals surface area contributed by atoms with Gasteiger partial charge in [0.2, 0.25) is 0 Å². The third-order valence-corrected chi connectivity index (χ3v) is 2.92. The lowest BCUT2D eigenvalue weighted by atomic mass is 9.98. The highest BCUT2D eigenvalue weighted by atomic mass is 14.9. The molecular formula is C15H18N2. The van der Waals surface area contributed by atoms with Gasteiger partial charge in [-0.2, -0.15) is 0 Å². The fraction of sp³-hybridized carbons (Fsp3) is 0.267. The van der Waals surface area contributed by atoms with E-state index in [2.05, 4.69) is 53.6 Å². The van der Waals surface area contributed by atoms with Gasteiger partial charge in [-0.05, 0) is 44.2 Å². The van der Waals surface area contributed by atoms with E-state index in [0.29, 0.717) is 0 Å². The Kier molecular flexibility index (Phi) is 3.55. The summed E-state index contributed by atoms with van der Waals surface area (Å²) in [6, 6.07) is 13.0. The zero-order valence-corrected chi connectivity index (χ0v) is 10.6. The first-order valence-electron chi connectivity index (χ1n) is 5.87. The number of benzene rings is 1. The maximum atomic E-state index is 4.24. The number of pyridine rings is 1. The number of hydrogen-bond donors (Lipinski definition) is 1. The van der Waals surface area contributed by atoms with E-state index in [-0.39, 0.29) is 6.04 Å². The van der Waals surface area contributed by atoms with Crippen molar-refractivity contribution >= 4 is 0 Å². The van der Waals surface area contributed by atoms with Crippen LogP contribution in [0, 0.1) is 13.8 Å². The molecule has 0 amide bonds. The highest BCUT2D eigenvalue weighted by molar-refractivity contribution is 5.33. The Labute approximate surface area is 103 Å². The fourth-order valence-electron chi connectivity index (χ4n) is 2.12. The highest BCUT2D eigenvalue weighted by Gasteiger charge is 2.11. The highest BCUT2D eigenvalue weighted by Crippen LogP contribution is 2.22. The van der Waals surface area contributed by atoms with Gasteiger partial charge in [0, 0.05) is 11.9 Å². The largest absolute Gasteiger partial charge is 0.309 e. The van der Waals surface area contributed by atoms with Crippen molar-refractivity contribution in [2.24, 2.45) is 0 Å². The molecule has 0 fully saturated rings. The van der Waals surface area contributed by atoms with Gasteiger partial charge in [-0.25, -0.2) is 0 Å². The summed E-state index contributed by atoms with van der Waals surface area (Å²) in [7, 11) is 1.99. The molecule has 0 aliphatic rings. The van der Waals surface area contributed by atoms with Gasteiger partial charge < -0.3 is 5.32 Å². The van der Waals surface area contributed by atoms with Crippen molar-refractivity contribution in [3.05, 3.63) is 65.0 Å². The minimum absolute atomic E-state index is 0.233. The van der Waals surface area contributed by atoms with Crippen LogP contribution >= 0.6 is 0 Å². The molecule has 88 valence electrons. The van der Waals surface area contributed by atoms with Crippen LogP contribution in [0.5, 0.6) is 0 Å². The maximum Gasteiger partial charge on any atom is 0.0575 e. The molecule has 2 rings (SSSR count). The minimum atomic E-state index is 0.233. The second kappa shape index (κ2) is 5.11. The van der Waals surface area contributed by atoms with Crippen molar-refractivity contribution in [3.63, 3.8) is 0 Å². The van der Waals surface area contributed by atoms with Gasteiger partial charge in [-0.15, -0.1) is 0 Å². The zero-order valence-electron chi connectivity index (χ0n) is 10.6. The van der Waals surface area contributed by atoms with Gasteiger partial charge >= 0.3 is 0 Å². The van der Waals surface area contributed by atoms with Crippen LogP contribution in [0.4, 0.5) is 0 Å². The third-order valence-electron chi connectivity index (χ3n) is 2.92. The van der Waals surface area contributed by atoms with Crippen LogP contribution in [0.3, 0.4) is 0 Å². The molecule has 0 saturated carbocycles. The topological polar surface area (TPSA) is 24.9 Å². The molecule has 0 saturated heterocycles. The van der Waals surface area contributed by atoms with E-state index in [4.69, 9.17) is 0 Å². The van der Waals surface area contributed by atoms with Crippen LogP contribution in [0.1, 0.15) is 28.4 Å². The van der Waals surface area contributed by atoms with Crippen LogP contribution in [-0.2, 0) is 0 Å². The molecule has 2 heteroatoms. The number of rotatable bonds is 3. The lowest BCUT2D eigenvalue weighted by Crippen LogP contribution is -2.17. The average Bonchev–Trinajstić information content (AvgIpc) is 2.30. The van der Waals surface area contributed by atoms with E-state index in [1.54, 1.807) is 0 Å². The minimum Gasteiger partial charge on any atom is -0.309 e. The van der Waals surface area contributed by atoms with Crippen molar-refractivity contribution in [2.45, 2.75) is 19.9 Å². The summed E-state index contributed by atoms with van der Waals surface area (Å²) in [6.07, 6.45) is 1.87. The van der Waals surface area contributed by atoms with Gasteiger partial charge in [0.15, 0.2) is 0 Å². The molecule has 0 aliphatic carbocycles. The van der Waals surface area contributed by atoms with E-state index in [1.807, 2.05) is 20.2 Å². The zero-order chi connectivity index (χ0) is 12.3. The summed E-state index contributed by atoms with van der Waals surface area (Å²) in [4.78, 5) is 4.24. The molecule has 0 spiro atoms. The summed E-state index contributed by atoms with van der Waals surface area (Å²) in [5, 5.41) is 3.36. The Balaban J connectivity index is 2.40. The van der Waals surface area contributed by atoms with Gasteiger partial charge in [-0.3, -0.25) is 4.98 Å². The molecule has 1 aromatic heterocycles.